The van der Waals surface area contributed by atoms with Crippen LogP contribution in [-0.4, -0.2) is 35.6 Å². The number of carbonyl (C=O) groups excluding carboxylic acids is 1. The van der Waals surface area contributed by atoms with Crippen molar-refractivity contribution in [1.29, 1.82) is 0 Å². The number of pyridine rings is 1. The molecule has 0 unspecified atom stereocenters. The van der Waals surface area contributed by atoms with Gasteiger partial charge in [0.2, 0.25) is 15.9 Å². The molecular weight excluding hydrogens is 402 g/mol. The Morgan fingerprint density at radius 2 is 1.77 bits per heavy atom. The number of fused-ring (bicyclic) bond motifs is 1. The fourth-order valence-corrected chi connectivity index (χ4v) is 4.26. The first-order valence-corrected chi connectivity index (χ1v) is 11.3. The monoisotopic (exact) mass is 429 g/mol. The van der Waals surface area contributed by atoms with E-state index in [9.17, 15) is 13.2 Å². The lowest BCUT2D eigenvalue weighted by Crippen LogP contribution is -2.26. The van der Waals surface area contributed by atoms with Gasteiger partial charge in [-0.25, -0.2) is 18.5 Å². The van der Waals surface area contributed by atoms with Crippen molar-refractivity contribution in [3.05, 3.63) is 52.3 Å². The number of nitrogens with zero attached hydrogens (tertiary/aromatic N) is 3. The SMILES string of the molecule is Cc1nc2c(c(C)nn2C)c(C)c1CCC(=O)NCCc1ccc(S(N)(=O)=O)cc1. The van der Waals surface area contributed by atoms with E-state index in [4.69, 9.17) is 5.14 Å². The lowest BCUT2D eigenvalue weighted by Gasteiger charge is -2.11. The maximum atomic E-state index is 12.3. The quantitative estimate of drug-likeness (QED) is 0.594. The predicted octanol–water partition coefficient (Wildman–Crippen LogP) is 1.83. The van der Waals surface area contributed by atoms with Crippen LogP contribution in [0.25, 0.3) is 11.0 Å². The van der Waals surface area contributed by atoms with E-state index < -0.39 is 10.0 Å². The molecule has 8 nitrogen and oxygen atoms in total. The fraction of sp³-hybridized carbons (Fsp3) is 0.381. The Balaban J connectivity index is 1.57. The first-order valence-electron chi connectivity index (χ1n) is 9.75. The minimum atomic E-state index is -3.69. The molecule has 0 fully saturated rings. The van der Waals surface area contributed by atoms with Crippen LogP contribution in [-0.2, 0) is 34.7 Å². The molecule has 2 heterocycles. The van der Waals surface area contributed by atoms with E-state index in [1.165, 1.54) is 12.1 Å². The third-order valence-electron chi connectivity index (χ3n) is 5.32. The minimum absolute atomic E-state index is 0.0297. The number of nitrogens with two attached hydrogens (primary N) is 1. The highest BCUT2D eigenvalue weighted by molar-refractivity contribution is 7.89. The molecule has 3 aromatic rings. The molecule has 3 N–H and O–H groups in total. The second-order valence-electron chi connectivity index (χ2n) is 7.50. The summed E-state index contributed by atoms with van der Waals surface area (Å²) in [4.78, 5) is 17.1. The normalized spacial score (nSPS) is 11.8. The summed E-state index contributed by atoms with van der Waals surface area (Å²) >= 11 is 0. The largest absolute Gasteiger partial charge is 0.356 e. The van der Waals surface area contributed by atoms with Crippen molar-refractivity contribution in [2.75, 3.05) is 6.54 Å². The molecule has 0 aliphatic heterocycles. The van der Waals surface area contributed by atoms with Crippen LogP contribution in [0, 0.1) is 20.8 Å². The third-order valence-corrected chi connectivity index (χ3v) is 6.25. The Morgan fingerprint density at radius 3 is 2.40 bits per heavy atom. The van der Waals surface area contributed by atoms with Crippen molar-refractivity contribution < 1.29 is 13.2 Å². The van der Waals surface area contributed by atoms with Gasteiger partial charge in [0.15, 0.2) is 5.65 Å². The molecule has 3 rings (SSSR count). The van der Waals surface area contributed by atoms with Crippen LogP contribution in [0.2, 0.25) is 0 Å². The third kappa shape index (κ3) is 4.68. The first kappa shape index (κ1) is 21.9. The van der Waals surface area contributed by atoms with E-state index in [1.54, 1.807) is 16.8 Å². The zero-order chi connectivity index (χ0) is 22.1. The van der Waals surface area contributed by atoms with Gasteiger partial charge in [0.25, 0.3) is 0 Å². The smallest absolute Gasteiger partial charge is 0.238 e. The summed E-state index contributed by atoms with van der Waals surface area (Å²) < 4.78 is 24.4. The van der Waals surface area contributed by atoms with Crippen LogP contribution in [0.1, 0.15) is 34.5 Å². The second-order valence-corrected chi connectivity index (χ2v) is 9.06. The molecule has 1 amide bonds. The standard InChI is InChI=1S/C21H27N5O3S/c1-13-18(14(2)24-21-20(13)15(3)25-26(21)4)9-10-19(27)23-12-11-16-5-7-17(8-6-16)30(22,28)29/h5-8H,9-12H2,1-4H3,(H,23,27)(H2,22,28,29). The molecule has 0 radical (unpaired) electrons. The Kier molecular flexibility index (Phi) is 6.23. The van der Waals surface area contributed by atoms with E-state index in [0.29, 0.717) is 25.8 Å². The van der Waals surface area contributed by atoms with Gasteiger partial charge in [-0.2, -0.15) is 5.10 Å². The van der Waals surface area contributed by atoms with Crippen LogP contribution < -0.4 is 10.5 Å². The van der Waals surface area contributed by atoms with Gasteiger partial charge in [-0.3, -0.25) is 9.48 Å². The van der Waals surface area contributed by atoms with Crippen LogP contribution in [0.4, 0.5) is 0 Å². The molecule has 1 aromatic carbocycles. The van der Waals surface area contributed by atoms with Crippen molar-refractivity contribution in [3.63, 3.8) is 0 Å². The number of sulfonamides is 1. The molecule has 30 heavy (non-hydrogen) atoms. The van der Waals surface area contributed by atoms with E-state index in [1.807, 2.05) is 20.9 Å². The van der Waals surface area contributed by atoms with Crippen LogP contribution in [0.15, 0.2) is 29.2 Å². The topological polar surface area (TPSA) is 120 Å². The molecule has 0 bridgehead atoms. The molecule has 0 saturated heterocycles. The predicted molar refractivity (Wildman–Crippen MR) is 116 cm³/mol. The minimum Gasteiger partial charge on any atom is -0.356 e. The van der Waals surface area contributed by atoms with Crippen molar-refractivity contribution in [3.8, 4) is 0 Å². The molecule has 0 spiro atoms. The van der Waals surface area contributed by atoms with Gasteiger partial charge in [-0.15, -0.1) is 0 Å². The molecular formula is C21H27N5O3S. The van der Waals surface area contributed by atoms with Gasteiger partial charge in [0.1, 0.15) is 0 Å². The maximum Gasteiger partial charge on any atom is 0.238 e. The number of aryl methyl sites for hydroxylation is 4. The number of aromatic nitrogens is 3. The highest BCUT2D eigenvalue weighted by Crippen LogP contribution is 2.25. The summed E-state index contributed by atoms with van der Waals surface area (Å²) in [5, 5.41) is 13.5. The Bertz CT molecular complexity index is 1200. The number of hydrogen-bond acceptors (Lipinski definition) is 5. The molecule has 160 valence electrons. The second kappa shape index (κ2) is 8.53. The highest BCUT2D eigenvalue weighted by atomic mass is 32.2. The van der Waals surface area contributed by atoms with Gasteiger partial charge in [0, 0.05) is 31.1 Å². The highest BCUT2D eigenvalue weighted by Gasteiger charge is 2.16. The maximum absolute atomic E-state index is 12.3. The van der Waals surface area contributed by atoms with E-state index in [2.05, 4.69) is 22.3 Å². The molecule has 2 aromatic heterocycles. The Morgan fingerprint density at radius 1 is 1.10 bits per heavy atom. The van der Waals surface area contributed by atoms with Crippen molar-refractivity contribution >= 4 is 27.0 Å². The van der Waals surface area contributed by atoms with E-state index in [-0.39, 0.29) is 10.8 Å². The number of primary sulfonamides is 1. The number of amides is 1. The lowest BCUT2D eigenvalue weighted by molar-refractivity contribution is -0.121. The summed E-state index contributed by atoms with van der Waals surface area (Å²) in [6.07, 6.45) is 1.60. The van der Waals surface area contributed by atoms with Gasteiger partial charge >= 0.3 is 0 Å². The Hall–Kier alpha value is -2.78. The number of carbonyl (C=O) groups is 1. The summed E-state index contributed by atoms with van der Waals surface area (Å²) in [7, 11) is -1.80. The summed E-state index contributed by atoms with van der Waals surface area (Å²) in [6.45, 7) is 6.47. The number of nitrogens with one attached hydrogen (secondary N) is 1. The lowest BCUT2D eigenvalue weighted by atomic mass is 9.99. The van der Waals surface area contributed by atoms with Crippen LogP contribution in [0.3, 0.4) is 0 Å². The number of benzene rings is 1. The molecule has 0 aliphatic rings. The molecule has 0 saturated carbocycles. The first-order chi connectivity index (χ1) is 14.1. The van der Waals surface area contributed by atoms with E-state index in [0.717, 1.165) is 39.1 Å². The average Bonchev–Trinajstić information content (AvgIpc) is 2.94. The van der Waals surface area contributed by atoms with Crippen molar-refractivity contribution in [1.82, 2.24) is 20.1 Å². The van der Waals surface area contributed by atoms with Gasteiger partial charge < -0.3 is 5.32 Å². The van der Waals surface area contributed by atoms with Crippen molar-refractivity contribution in [2.45, 2.75) is 44.9 Å². The molecule has 9 heteroatoms. The number of hydrogen-bond donors (Lipinski definition) is 2. The number of rotatable bonds is 7. The zero-order valence-corrected chi connectivity index (χ0v) is 18.5. The van der Waals surface area contributed by atoms with Crippen LogP contribution >= 0.6 is 0 Å². The Labute approximate surface area is 176 Å². The zero-order valence-electron chi connectivity index (χ0n) is 17.7. The fourth-order valence-electron chi connectivity index (χ4n) is 3.75. The van der Waals surface area contributed by atoms with Crippen LogP contribution in [0.5, 0.6) is 0 Å². The van der Waals surface area contributed by atoms with Gasteiger partial charge in [-0.1, -0.05) is 12.1 Å². The van der Waals surface area contributed by atoms with Gasteiger partial charge in [0.05, 0.1) is 10.6 Å². The molecule has 0 atom stereocenters. The van der Waals surface area contributed by atoms with Crippen molar-refractivity contribution in [2.24, 2.45) is 12.2 Å². The average molecular weight is 430 g/mol. The van der Waals surface area contributed by atoms with E-state index >= 15 is 0 Å². The summed E-state index contributed by atoms with van der Waals surface area (Å²) in [6, 6.07) is 6.36. The molecule has 0 aliphatic carbocycles. The summed E-state index contributed by atoms with van der Waals surface area (Å²) in [5.41, 5.74) is 5.88. The van der Waals surface area contributed by atoms with Gasteiger partial charge in [-0.05, 0) is 62.4 Å². The summed E-state index contributed by atoms with van der Waals surface area (Å²) in [5.74, 6) is -0.0297.